The Kier molecular flexibility index (Phi) is 11.1. The van der Waals surface area contributed by atoms with Crippen molar-refractivity contribution in [1.82, 2.24) is 16.0 Å². The molecule has 2 aromatic carbocycles. The molecule has 218 valence electrons. The van der Waals surface area contributed by atoms with E-state index in [1.165, 1.54) is 36.4 Å². The summed E-state index contributed by atoms with van der Waals surface area (Å²) < 4.78 is 62.3. The van der Waals surface area contributed by atoms with Gasteiger partial charge in [-0.3, -0.25) is 9.59 Å². The molecule has 13 heteroatoms. The Morgan fingerprint density at radius 1 is 1.10 bits per heavy atom. The van der Waals surface area contributed by atoms with Crippen LogP contribution in [0, 0.1) is 5.92 Å². The van der Waals surface area contributed by atoms with Crippen LogP contribution in [0.5, 0.6) is 0 Å². The molecule has 3 rings (SSSR count). The number of alkyl halides is 4. The van der Waals surface area contributed by atoms with Crippen LogP contribution in [0.4, 0.5) is 22.4 Å². The summed E-state index contributed by atoms with van der Waals surface area (Å²) in [7, 11) is 0. The fourth-order valence-corrected chi connectivity index (χ4v) is 4.56. The first-order valence-electron chi connectivity index (χ1n) is 12.6. The molecule has 2 aromatic rings. The van der Waals surface area contributed by atoms with Gasteiger partial charge in [-0.1, -0.05) is 54.1 Å². The lowest BCUT2D eigenvalue weighted by Gasteiger charge is -2.29. The van der Waals surface area contributed by atoms with Crippen molar-refractivity contribution in [3.63, 3.8) is 0 Å². The minimum absolute atomic E-state index is 0.0331. The average molecular weight is 588 g/mol. The number of ether oxygens (including phenoxy) is 1. The van der Waals surface area contributed by atoms with Gasteiger partial charge in [0.2, 0.25) is 18.2 Å². The van der Waals surface area contributed by atoms with Gasteiger partial charge in [0.25, 0.3) is 0 Å². The quantitative estimate of drug-likeness (QED) is 0.261. The van der Waals surface area contributed by atoms with Crippen molar-refractivity contribution in [3.05, 3.63) is 70.7 Å². The van der Waals surface area contributed by atoms with Gasteiger partial charge >= 0.3 is 12.0 Å². The van der Waals surface area contributed by atoms with Crippen molar-refractivity contribution in [3.8, 4) is 0 Å². The third-order valence-corrected chi connectivity index (χ3v) is 6.68. The number of hydrogen-bond acceptors (Lipinski definition) is 5. The van der Waals surface area contributed by atoms with Crippen LogP contribution in [0.1, 0.15) is 42.9 Å². The van der Waals surface area contributed by atoms with Crippen molar-refractivity contribution >= 4 is 29.5 Å². The Labute approximate surface area is 233 Å². The summed E-state index contributed by atoms with van der Waals surface area (Å²) in [6.45, 7) is -0.105. The molecule has 4 atom stereocenters. The topological polar surface area (TPSA) is 117 Å². The summed E-state index contributed by atoms with van der Waals surface area (Å²) in [6, 6.07) is 9.51. The van der Waals surface area contributed by atoms with Gasteiger partial charge in [0.1, 0.15) is 6.04 Å². The number of carbonyl (C=O) groups is 3. The Bertz CT molecular complexity index is 1160. The molecule has 1 aliphatic heterocycles. The summed E-state index contributed by atoms with van der Waals surface area (Å²) >= 11 is 5.89. The highest BCUT2D eigenvalue weighted by Crippen LogP contribution is 2.43. The predicted octanol–water partition coefficient (Wildman–Crippen LogP) is 4.32. The fraction of sp³-hybridized carbons (Fsp3) is 0.444. The van der Waals surface area contributed by atoms with Gasteiger partial charge in [0.05, 0.1) is 12.6 Å². The first kappa shape index (κ1) is 31.2. The number of aliphatic hydroxyl groups excluding tert-OH is 1. The number of carbonyl (C=O) groups excluding carboxylic acids is 3. The zero-order valence-corrected chi connectivity index (χ0v) is 22.1. The molecule has 0 bridgehead atoms. The average Bonchev–Trinajstić information content (AvgIpc) is 3.33. The predicted molar refractivity (Wildman–Crippen MR) is 138 cm³/mol. The van der Waals surface area contributed by atoms with E-state index in [9.17, 15) is 28.3 Å². The van der Waals surface area contributed by atoms with E-state index in [1.807, 2.05) is 0 Å². The molecule has 40 heavy (non-hydrogen) atoms. The molecule has 8 nitrogen and oxygen atoms in total. The van der Waals surface area contributed by atoms with Gasteiger partial charge in [-0.2, -0.15) is 8.78 Å². The van der Waals surface area contributed by atoms with Gasteiger partial charge in [-0.15, -0.1) is 0 Å². The van der Waals surface area contributed by atoms with Crippen molar-refractivity contribution in [2.45, 2.75) is 56.2 Å². The van der Waals surface area contributed by atoms with Crippen molar-refractivity contribution in [2.24, 2.45) is 5.92 Å². The molecule has 1 fully saturated rings. The second-order valence-electron chi connectivity index (χ2n) is 9.40. The van der Waals surface area contributed by atoms with Crippen LogP contribution in [0.15, 0.2) is 54.6 Å². The molecule has 0 aliphatic carbocycles. The van der Waals surface area contributed by atoms with Crippen LogP contribution in [0.3, 0.4) is 0 Å². The lowest BCUT2D eigenvalue weighted by molar-refractivity contribution is -0.128. The number of rotatable bonds is 13. The third-order valence-electron chi connectivity index (χ3n) is 6.45. The molecule has 0 saturated carbocycles. The van der Waals surface area contributed by atoms with Crippen LogP contribution in [-0.4, -0.2) is 54.7 Å². The van der Waals surface area contributed by atoms with E-state index >= 15 is 8.78 Å². The maximum Gasteiger partial charge on any atom is 0.408 e. The van der Waals surface area contributed by atoms with Crippen molar-refractivity contribution in [1.29, 1.82) is 0 Å². The minimum Gasteiger partial charge on any atom is -0.434 e. The van der Waals surface area contributed by atoms with Crippen LogP contribution < -0.4 is 16.0 Å². The second kappa shape index (κ2) is 14.3. The first-order valence-corrected chi connectivity index (χ1v) is 13.0. The van der Waals surface area contributed by atoms with E-state index in [0.717, 1.165) is 12.1 Å². The SMILES string of the molecule is O=C(N[C@@H](CCC(F)F)C(=O)N[C@H](CO)C[C@@H]1CCNC1=O)OC(c1ccccc1)C(F)(F)c1cccc(Cl)c1. The summed E-state index contributed by atoms with van der Waals surface area (Å²) in [4.78, 5) is 37.6. The first-order chi connectivity index (χ1) is 19.0. The van der Waals surface area contributed by atoms with Crippen LogP contribution in [0.2, 0.25) is 5.02 Å². The van der Waals surface area contributed by atoms with Crippen LogP contribution >= 0.6 is 11.6 Å². The van der Waals surface area contributed by atoms with Crippen molar-refractivity contribution in [2.75, 3.05) is 13.2 Å². The molecule has 1 heterocycles. The molecule has 0 spiro atoms. The third kappa shape index (κ3) is 8.56. The lowest BCUT2D eigenvalue weighted by atomic mass is 9.97. The largest absolute Gasteiger partial charge is 0.434 e. The van der Waals surface area contributed by atoms with Crippen LogP contribution in [0.25, 0.3) is 0 Å². The fourth-order valence-electron chi connectivity index (χ4n) is 4.37. The van der Waals surface area contributed by atoms with E-state index in [4.69, 9.17) is 16.3 Å². The Balaban J connectivity index is 1.77. The molecule has 1 unspecified atom stereocenters. The molecule has 1 aliphatic rings. The highest BCUT2D eigenvalue weighted by Gasteiger charge is 2.46. The lowest BCUT2D eigenvalue weighted by Crippen LogP contribution is -2.51. The van der Waals surface area contributed by atoms with Gasteiger partial charge < -0.3 is 25.8 Å². The number of halogens is 5. The summed E-state index contributed by atoms with van der Waals surface area (Å²) in [5.41, 5.74) is -0.596. The number of amides is 3. The number of hydrogen-bond donors (Lipinski definition) is 4. The summed E-state index contributed by atoms with van der Waals surface area (Å²) in [6.07, 6.45) is -7.16. The van der Waals surface area contributed by atoms with Gasteiger partial charge in [-0.25, -0.2) is 13.6 Å². The highest BCUT2D eigenvalue weighted by molar-refractivity contribution is 6.30. The molecule has 1 saturated heterocycles. The normalized spacial score (nSPS) is 17.6. The maximum absolute atomic E-state index is 15.6. The molecule has 0 aromatic heterocycles. The van der Waals surface area contributed by atoms with E-state index in [2.05, 4.69) is 16.0 Å². The standard InChI is InChI=1S/C27H30ClF4N3O5/c28-19-8-4-7-18(14-19)27(31,32)23(16-5-2-1-3-6-16)40-26(39)35-21(9-10-22(29)30)25(38)34-20(15-36)13-17-11-12-33-24(17)37/h1-8,14,17,20-23,36H,9-13,15H2,(H,33,37)(H,34,38)(H,35,39)/t17-,20-,21-,23?/m0/s1. The number of alkyl carbamates (subject to hydrolysis) is 1. The zero-order chi connectivity index (χ0) is 29.3. The Morgan fingerprint density at radius 2 is 1.82 bits per heavy atom. The Hall–Kier alpha value is -3.38. The smallest absolute Gasteiger partial charge is 0.408 e. The van der Waals surface area contributed by atoms with E-state index in [0.29, 0.717) is 13.0 Å². The summed E-state index contributed by atoms with van der Waals surface area (Å²) in [5, 5.41) is 16.9. The number of aliphatic hydroxyl groups is 1. The maximum atomic E-state index is 15.6. The van der Waals surface area contributed by atoms with E-state index in [1.54, 1.807) is 6.07 Å². The summed E-state index contributed by atoms with van der Waals surface area (Å²) in [5.74, 6) is -5.41. The number of nitrogens with one attached hydrogen (secondary N) is 3. The number of benzene rings is 2. The van der Waals surface area contributed by atoms with Gasteiger partial charge in [-0.05, 0) is 37.0 Å². The monoisotopic (exact) mass is 587 g/mol. The molecular formula is C27H30ClF4N3O5. The molecular weight excluding hydrogens is 558 g/mol. The molecule has 0 radical (unpaired) electrons. The highest BCUT2D eigenvalue weighted by atomic mass is 35.5. The second-order valence-corrected chi connectivity index (χ2v) is 9.83. The van der Waals surface area contributed by atoms with Crippen LogP contribution in [-0.2, 0) is 20.2 Å². The zero-order valence-electron chi connectivity index (χ0n) is 21.3. The van der Waals surface area contributed by atoms with Crippen molar-refractivity contribution < 1.29 is 41.8 Å². The van der Waals surface area contributed by atoms with E-state index < -0.39 is 73.5 Å². The van der Waals surface area contributed by atoms with Gasteiger partial charge in [0.15, 0.2) is 6.10 Å². The Morgan fingerprint density at radius 3 is 2.42 bits per heavy atom. The van der Waals surface area contributed by atoms with E-state index in [-0.39, 0.29) is 22.9 Å². The minimum atomic E-state index is -3.77. The van der Waals surface area contributed by atoms with Gasteiger partial charge in [0, 0.05) is 29.5 Å². The molecule has 4 N–H and O–H groups in total. The molecule has 3 amide bonds.